The molecule has 0 N–H and O–H groups in total. The summed E-state index contributed by atoms with van der Waals surface area (Å²) in [5.41, 5.74) is 1.43. The summed E-state index contributed by atoms with van der Waals surface area (Å²) >= 11 is 0. The highest BCUT2D eigenvalue weighted by molar-refractivity contribution is 6.90. The molecule has 1 heteroatoms. The summed E-state index contributed by atoms with van der Waals surface area (Å²) in [5, 5.41) is 1.55. The van der Waals surface area contributed by atoms with Gasteiger partial charge in [-0.25, -0.2) is 0 Å². The van der Waals surface area contributed by atoms with Gasteiger partial charge in [-0.3, -0.25) is 0 Å². The Kier molecular flexibility index (Phi) is 5.37. The average molecular weight is 280 g/mol. The van der Waals surface area contributed by atoms with Crippen LogP contribution < -0.4 is 5.19 Å². The van der Waals surface area contributed by atoms with Crippen LogP contribution in [0.15, 0.2) is 72.8 Å². The van der Waals surface area contributed by atoms with Crippen molar-refractivity contribution in [2.45, 2.75) is 32.0 Å². The number of aryl methyl sites for hydroxylation is 1. The second-order valence-corrected chi connectivity index (χ2v) is 10.7. The van der Waals surface area contributed by atoms with E-state index in [0.29, 0.717) is 0 Å². The molecular weight excluding hydrogens is 256 g/mol. The van der Waals surface area contributed by atoms with Crippen molar-refractivity contribution in [3.8, 4) is 0 Å². The third-order valence-corrected chi connectivity index (χ3v) is 6.95. The van der Waals surface area contributed by atoms with E-state index in [1.165, 1.54) is 11.6 Å². The molecular formula is C19H24Si. The largest absolute Gasteiger partial charge is 0.0909 e. The molecule has 0 aromatic heterocycles. The minimum Gasteiger partial charge on any atom is -0.0909 e. The van der Waals surface area contributed by atoms with E-state index in [1.807, 2.05) is 0 Å². The lowest BCUT2D eigenvalue weighted by Gasteiger charge is -2.20. The summed E-state index contributed by atoms with van der Waals surface area (Å²) in [4.78, 5) is 0. The van der Waals surface area contributed by atoms with E-state index in [9.17, 15) is 0 Å². The van der Waals surface area contributed by atoms with Crippen molar-refractivity contribution in [1.82, 2.24) is 0 Å². The first-order valence-electron chi connectivity index (χ1n) is 7.43. The fourth-order valence-corrected chi connectivity index (χ4v) is 4.48. The highest BCUT2D eigenvalue weighted by Crippen LogP contribution is 2.11. The van der Waals surface area contributed by atoms with Crippen molar-refractivity contribution < 1.29 is 0 Å². The fourth-order valence-electron chi connectivity index (χ4n) is 2.40. The van der Waals surface area contributed by atoms with Gasteiger partial charge in [-0.05, 0) is 24.4 Å². The topological polar surface area (TPSA) is 0 Å². The van der Waals surface area contributed by atoms with Gasteiger partial charge in [0, 0.05) is 0 Å². The third-order valence-electron chi connectivity index (χ3n) is 3.79. The Morgan fingerprint density at radius 2 is 1.40 bits per heavy atom. The van der Waals surface area contributed by atoms with Crippen LogP contribution in [-0.2, 0) is 6.42 Å². The summed E-state index contributed by atoms with van der Waals surface area (Å²) in [6.07, 6.45) is 7.03. The molecule has 2 rings (SSSR count). The van der Waals surface area contributed by atoms with Crippen LogP contribution in [0.25, 0.3) is 0 Å². The zero-order valence-corrected chi connectivity index (χ0v) is 13.5. The molecule has 0 saturated carbocycles. The molecule has 0 fully saturated rings. The van der Waals surface area contributed by atoms with Gasteiger partial charge in [-0.2, -0.15) is 0 Å². The molecule has 0 aliphatic heterocycles. The first-order chi connectivity index (χ1) is 9.68. The molecule has 0 spiro atoms. The molecule has 2 aromatic carbocycles. The zero-order valence-electron chi connectivity index (χ0n) is 12.5. The lowest BCUT2D eigenvalue weighted by molar-refractivity contribution is 0.999. The van der Waals surface area contributed by atoms with E-state index in [1.54, 1.807) is 5.19 Å². The molecule has 20 heavy (non-hydrogen) atoms. The first-order valence-corrected chi connectivity index (χ1v) is 10.6. The molecule has 0 amide bonds. The molecule has 0 saturated heterocycles. The van der Waals surface area contributed by atoms with Gasteiger partial charge in [-0.15, -0.1) is 0 Å². The number of allylic oxidation sites excluding steroid dienone is 2. The minimum absolute atomic E-state index is 1.14. The van der Waals surface area contributed by atoms with Crippen molar-refractivity contribution in [2.24, 2.45) is 0 Å². The predicted molar refractivity (Wildman–Crippen MR) is 92.3 cm³/mol. The van der Waals surface area contributed by atoms with Gasteiger partial charge < -0.3 is 0 Å². The van der Waals surface area contributed by atoms with Gasteiger partial charge in [0.05, 0.1) is 8.07 Å². The lowest BCUT2D eigenvalue weighted by Crippen LogP contribution is -2.40. The van der Waals surface area contributed by atoms with Gasteiger partial charge >= 0.3 is 0 Å². The molecule has 0 bridgehead atoms. The van der Waals surface area contributed by atoms with Gasteiger partial charge in [0.2, 0.25) is 0 Å². The van der Waals surface area contributed by atoms with E-state index < -0.39 is 8.07 Å². The number of hydrogen-bond acceptors (Lipinski definition) is 0. The van der Waals surface area contributed by atoms with E-state index in [0.717, 1.165) is 12.8 Å². The van der Waals surface area contributed by atoms with Crippen molar-refractivity contribution >= 4 is 13.3 Å². The molecule has 104 valence electrons. The van der Waals surface area contributed by atoms with Gasteiger partial charge in [-0.1, -0.05) is 91.1 Å². The Hall–Kier alpha value is -1.60. The summed E-state index contributed by atoms with van der Waals surface area (Å²) in [5.74, 6) is 0. The highest BCUT2D eigenvalue weighted by Gasteiger charge is 2.20. The summed E-state index contributed by atoms with van der Waals surface area (Å²) in [7, 11) is -1.30. The van der Waals surface area contributed by atoms with Crippen molar-refractivity contribution in [1.29, 1.82) is 0 Å². The third kappa shape index (κ3) is 4.50. The molecule has 0 aliphatic carbocycles. The monoisotopic (exact) mass is 280 g/mol. The number of hydrogen-bond donors (Lipinski definition) is 0. The number of rotatable bonds is 6. The minimum atomic E-state index is -1.30. The van der Waals surface area contributed by atoms with Gasteiger partial charge in [0.15, 0.2) is 0 Å². The standard InChI is InChI=1S/C19H24Si/c1-20(2,19-15-9-4-10-16-19)17-11-5-8-14-18-12-6-3-7-13-18/h3-7,9-13,15-16H,8,14,17H2,1-2H3/b11-5+. The quantitative estimate of drug-likeness (QED) is 0.527. The predicted octanol–water partition coefficient (Wildman–Crippen LogP) is 4.79. The van der Waals surface area contributed by atoms with Crippen LogP contribution in [0.4, 0.5) is 0 Å². The maximum Gasteiger partial charge on any atom is 0.0843 e. The van der Waals surface area contributed by atoms with Crippen LogP contribution in [0.3, 0.4) is 0 Å². The maximum atomic E-state index is 2.45. The van der Waals surface area contributed by atoms with Gasteiger partial charge in [0.1, 0.15) is 0 Å². The van der Waals surface area contributed by atoms with Crippen molar-refractivity contribution in [3.63, 3.8) is 0 Å². The van der Waals surface area contributed by atoms with Crippen LogP contribution in [0.5, 0.6) is 0 Å². The molecule has 0 aliphatic rings. The van der Waals surface area contributed by atoms with Gasteiger partial charge in [0.25, 0.3) is 0 Å². The van der Waals surface area contributed by atoms with Crippen LogP contribution in [0.1, 0.15) is 12.0 Å². The Bertz CT molecular complexity index is 526. The SMILES string of the molecule is C[Si](C)(C/C=C/CCc1ccccc1)c1ccccc1. The molecule has 2 aromatic rings. The van der Waals surface area contributed by atoms with E-state index in [2.05, 4.69) is 85.9 Å². The van der Waals surface area contributed by atoms with E-state index in [4.69, 9.17) is 0 Å². The summed E-state index contributed by atoms with van der Waals surface area (Å²) < 4.78 is 0. The molecule has 0 radical (unpaired) electrons. The normalized spacial score (nSPS) is 11.9. The first kappa shape index (κ1) is 14.8. The second-order valence-electron chi connectivity index (χ2n) is 5.95. The van der Waals surface area contributed by atoms with Crippen LogP contribution >= 0.6 is 0 Å². The zero-order chi connectivity index (χ0) is 14.3. The van der Waals surface area contributed by atoms with E-state index >= 15 is 0 Å². The summed E-state index contributed by atoms with van der Waals surface area (Å²) in [6.45, 7) is 4.90. The average Bonchev–Trinajstić information content (AvgIpc) is 2.49. The smallest absolute Gasteiger partial charge is 0.0843 e. The Morgan fingerprint density at radius 3 is 2.05 bits per heavy atom. The Balaban J connectivity index is 1.81. The molecule has 0 heterocycles. The lowest BCUT2D eigenvalue weighted by atomic mass is 10.1. The Labute approximate surface area is 124 Å². The second kappa shape index (κ2) is 7.25. The summed E-state index contributed by atoms with van der Waals surface area (Å²) in [6, 6.07) is 22.9. The fraction of sp³-hybridized carbons (Fsp3) is 0.263. The van der Waals surface area contributed by atoms with Crippen LogP contribution in [-0.4, -0.2) is 8.07 Å². The molecule has 0 unspecified atom stereocenters. The van der Waals surface area contributed by atoms with Crippen LogP contribution in [0.2, 0.25) is 19.1 Å². The Morgan fingerprint density at radius 1 is 0.800 bits per heavy atom. The molecule has 0 atom stereocenters. The number of benzene rings is 2. The van der Waals surface area contributed by atoms with E-state index in [-0.39, 0.29) is 0 Å². The van der Waals surface area contributed by atoms with Crippen molar-refractivity contribution in [3.05, 3.63) is 78.4 Å². The maximum absolute atomic E-state index is 2.45. The molecule has 0 nitrogen and oxygen atoms in total. The highest BCUT2D eigenvalue weighted by atomic mass is 28.3. The van der Waals surface area contributed by atoms with Crippen LogP contribution in [0, 0.1) is 0 Å². The van der Waals surface area contributed by atoms with Crippen molar-refractivity contribution in [2.75, 3.05) is 0 Å².